The molecule has 1 aromatic carbocycles. The van der Waals surface area contributed by atoms with Crippen LogP contribution in [-0.4, -0.2) is 16.3 Å². The topological polar surface area (TPSA) is 31.2 Å². The number of nitrogens with zero attached hydrogens (tertiary/aromatic N) is 1. The molecule has 102 valence electrons. The summed E-state index contributed by atoms with van der Waals surface area (Å²) in [5, 5.41) is 1.88. The van der Waals surface area contributed by atoms with Gasteiger partial charge in [0.25, 0.3) is 0 Å². The Morgan fingerprint density at radius 2 is 2.05 bits per heavy atom. The van der Waals surface area contributed by atoms with Gasteiger partial charge in [-0.25, -0.2) is 4.79 Å². The zero-order valence-electron chi connectivity index (χ0n) is 11.7. The Morgan fingerprint density at radius 1 is 1.37 bits per heavy atom. The molecule has 19 heavy (non-hydrogen) atoms. The molecule has 0 radical (unpaired) electrons. The third-order valence-electron chi connectivity index (χ3n) is 2.84. The molecule has 2 aromatic rings. The Labute approximate surface area is 121 Å². The first-order valence-corrected chi connectivity index (χ1v) is 7.34. The number of hydrogen-bond acceptors (Lipinski definition) is 2. The van der Waals surface area contributed by atoms with Gasteiger partial charge < -0.3 is 4.74 Å². The predicted octanol–water partition coefficient (Wildman–Crippen LogP) is 4.63. The van der Waals surface area contributed by atoms with Gasteiger partial charge >= 0.3 is 6.09 Å². The van der Waals surface area contributed by atoms with Gasteiger partial charge in [0.1, 0.15) is 5.60 Å². The molecular formula is C15H18BrNO2. The molecule has 0 bridgehead atoms. The summed E-state index contributed by atoms with van der Waals surface area (Å²) >= 11 is 3.48. The van der Waals surface area contributed by atoms with Crippen molar-refractivity contribution in [3.05, 3.63) is 35.5 Å². The highest BCUT2D eigenvalue weighted by Crippen LogP contribution is 2.27. The molecule has 3 nitrogen and oxygen atoms in total. The molecule has 1 aromatic heterocycles. The number of aryl methyl sites for hydroxylation is 1. The molecule has 0 N–H and O–H groups in total. The summed E-state index contributed by atoms with van der Waals surface area (Å²) in [7, 11) is 0. The number of halogens is 1. The van der Waals surface area contributed by atoms with Crippen LogP contribution in [0.25, 0.3) is 10.9 Å². The van der Waals surface area contributed by atoms with Crippen molar-refractivity contribution in [3.63, 3.8) is 0 Å². The van der Waals surface area contributed by atoms with Crippen LogP contribution >= 0.6 is 15.9 Å². The second-order valence-corrected chi connectivity index (χ2v) is 6.17. The predicted molar refractivity (Wildman–Crippen MR) is 80.9 cm³/mol. The number of hydrogen-bond donors (Lipinski definition) is 0. The van der Waals surface area contributed by atoms with E-state index in [1.54, 1.807) is 4.57 Å². The van der Waals surface area contributed by atoms with Gasteiger partial charge in [-0.3, -0.25) is 4.57 Å². The SMILES string of the molecule is Cc1cn(C(=O)OC(C)(C)C)c2cccc(CBr)c12. The summed E-state index contributed by atoms with van der Waals surface area (Å²) < 4.78 is 7.02. The minimum Gasteiger partial charge on any atom is -0.443 e. The summed E-state index contributed by atoms with van der Waals surface area (Å²) in [5.74, 6) is 0. The summed E-state index contributed by atoms with van der Waals surface area (Å²) in [6.07, 6.45) is 1.50. The molecule has 0 aliphatic carbocycles. The first-order chi connectivity index (χ1) is 8.83. The van der Waals surface area contributed by atoms with E-state index >= 15 is 0 Å². The van der Waals surface area contributed by atoms with E-state index in [1.165, 1.54) is 5.56 Å². The average molecular weight is 324 g/mol. The standard InChI is InChI=1S/C15H18BrNO2/c1-10-9-17(14(18)19-15(2,3)4)12-7-5-6-11(8-16)13(10)12/h5-7,9H,8H2,1-4H3. The molecule has 0 saturated heterocycles. The van der Waals surface area contributed by atoms with Crippen LogP contribution in [0.15, 0.2) is 24.4 Å². The van der Waals surface area contributed by atoms with E-state index < -0.39 is 5.60 Å². The zero-order chi connectivity index (χ0) is 14.2. The van der Waals surface area contributed by atoms with Gasteiger partial charge in [0.2, 0.25) is 0 Å². The van der Waals surface area contributed by atoms with Crippen molar-refractivity contribution < 1.29 is 9.53 Å². The smallest absolute Gasteiger partial charge is 0.419 e. The normalized spacial score (nSPS) is 11.8. The van der Waals surface area contributed by atoms with Crippen LogP contribution in [0.3, 0.4) is 0 Å². The number of alkyl halides is 1. The Hall–Kier alpha value is -1.29. The van der Waals surface area contributed by atoms with E-state index in [2.05, 4.69) is 22.0 Å². The Bertz CT molecular complexity index is 623. The van der Waals surface area contributed by atoms with Crippen molar-refractivity contribution >= 4 is 32.9 Å². The van der Waals surface area contributed by atoms with Crippen LogP contribution in [0.5, 0.6) is 0 Å². The van der Waals surface area contributed by atoms with Gasteiger partial charge in [0.05, 0.1) is 5.52 Å². The Morgan fingerprint density at radius 3 is 2.63 bits per heavy atom. The molecule has 4 heteroatoms. The fourth-order valence-electron chi connectivity index (χ4n) is 2.14. The minimum absolute atomic E-state index is 0.336. The molecule has 1 heterocycles. The third-order valence-corrected chi connectivity index (χ3v) is 3.44. The molecule has 2 rings (SSSR count). The molecular weight excluding hydrogens is 306 g/mol. The lowest BCUT2D eigenvalue weighted by molar-refractivity contribution is 0.0544. The van der Waals surface area contributed by atoms with Crippen LogP contribution in [-0.2, 0) is 10.1 Å². The largest absolute Gasteiger partial charge is 0.443 e. The molecule has 0 saturated carbocycles. The van der Waals surface area contributed by atoms with E-state index in [-0.39, 0.29) is 6.09 Å². The summed E-state index contributed by atoms with van der Waals surface area (Å²) in [6.45, 7) is 7.61. The number of carbonyl (C=O) groups excluding carboxylic acids is 1. The van der Waals surface area contributed by atoms with Crippen LogP contribution in [0, 0.1) is 6.92 Å². The Kier molecular flexibility index (Phi) is 3.72. The van der Waals surface area contributed by atoms with Gasteiger partial charge in [-0.15, -0.1) is 0 Å². The number of carbonyl (C=O) groups is 1. The van der Waals surface area contributed by atoms with Crippen LogP contribution in [0.4, 0.5) is 4.79 Å². The lowest BCUT2D eigenvalue weighted by Gasteiger charge is -2.19. The van der Waals surface area contributed by atoms with Crippen molar-refractivity contribution in [1.29, 1.82) is 0 Å². The Balaban J connectivity index is 2.54. The van der Waals surface area contributed by atoms with Crippen LogP contribution < -0.4 is 0 Å². The highest BCUT2D eigenvalue weighted by Gasteiger charge is 2.20. The molecule has 0 unspecified atom stereocenters. The van der Waals surface area contributed by atoms with Gasteiger partial charge in [0, 0.05) is 16.9 Å². The summed E-state index contributed by atoms with van der Waals surface area (Å²) in [6, 6.07) is 5.96. The number of fused-ring (bicyclic) bond motifs is 1. The molecule has 0 aliphatic heterocycles. The van der Waals surface area contributed by atoms with E-state index in [9.17, 15) is 4.79 Å². The quantitative estimate of drug-likeness (QED) is 0.716. The van der Waals surface area contributed by atoms with Crippen molar-refractivity contribution in [1.82, 2.24) is 4.57 Å². The molecule has 0 aliphatic rings. The molecule has 0 atom stereocenters. The molecule has 0 amide bonds. The minimum atomic E-state index is -0.491. The first-order valence-electron chi connectivity index (χ1n) is 6.22. The van der Waals surface area contributed by atoms with E-state index in [0.29, 0.717) is 0 Å². The van der Waals surface area contributed by atoms with E-state index in [0.717, 1.165) is 21.8 Å². The van der Waals surface area contributed by atoms with Gasteiger partial charge in [-0.2, -0.15) is 0 Å². The van der Waals surface area contributed by atoms with Crippen molar-refractivity contribution in [2.75, 3.05) is 0 Å². The average Bonchev–Trinajstić information content (AvgIpc) is 2.65. The van der Waals surface area contributed by atoms with E-state index in [4.69, 9.17) is 4.74 Å². The van der Waals surface area contributed by atoms with Gasteiger partial charge in [-0.05, 0) is 44.9 Å². The molecule has 0 spiro atoms. The van der Waals surface area contributed by atoms with Crippen LogP contribution in [0.1, 0.15) is 31.9 Å². The summed E-state index contributed by atoms with van der Waals surface area (Å²) in [5.41, 5.74) is 2.66. The maximum absolute atomic E-state index is 12.2. The van der Waals surface area contributed by atoms with Crippen LogP contribution in [0.2, 0.25) is 0 Å². The number of benzene rings is 1. The maximum atomic E-state index is 12.2. The van der Waals surface area contributed by atoms with Gasteiger partial charge in [0.15, 0.2) is 0 Å². The fourth-order valence-corrected chi connectivity index (χ4v) is 2.61. The van der Waals surface area contributed by atoms with Crippen molar-refractivity contribution in [2.45, 2.75) is 38.6 Å². The van der Waals surface area contributed by atoms with Gasteiger partial charge in [-0.1, -0.05) is 28.1 Å². The molecule has 0 fully saturated rings. The second-order valence-electron chi connectivity index (χ2n) is 5.61. The maximum Gasteiger partial charge on any atom is 0.419 e. The summed E-state index contributed by atoms with van der Waals surface area (Å²) in [4.78, 5) is 12.2. The number of aromatic nitrogens is 1. The van der Waals surface area contributed by atoms with Crippen molar-refractivity contribution in [3.8, 4) is 0 Å². The lowest BCUT2D eigenvalue weighted by Crippen LogP contribution is -2.26. The fraction of sp³-hybridized carbons (Fsp3) is 0.400. The number of ether oxygens (including phenoxy) is 1. The first kappa shape index (κ1) is 14.1. The highest BCUT2D eigenvalue weighted by atomic mass is 79.9. The van der Waals surface area contributed by atoms with Crippen molar-refractivity contribution in [2.24, 2.45) is 0 Å². The lowest BCUT2D eigenvalue weighted by atomic mass is 10.1. The highest BCUT2D eigenvalue weighted by molar-refractivity contribution is 9.08. The monoisotopic (exact) mass is 323 g/mol. The number of rotatable bonds is 1. The second kappa shape index (κ2) is 5.00. The zero-order valence-corrected chi connectivity index (χ0v) is 13.2. The third kappa shape index (κ3) is 2.84. The van der Waals surface area contributed by atoms with E-state index in [1.807, 2.05) is 46.0 Å².